The number of carbonyl (C=O) groups excluding carboxylic acids is 1. The highest BCUT2D eigenvalue weighted by molar-refractivity contribution is 5.69. The molecule has 0 amide bonds. The second-order valence-corrected chi connectivity index (χ2v) is 17.6. The van der Waals surface area contributed by atoms with E-state index in [0.717, 1.165) is 93.3 Å². The topological polar surface area (TPSA) is 26.3 Å². The molecule has 4 aliphatic carbocycles. The summed E-state index contributed by atoms with van der Waals surface area (Å²) in [5.41, 5.74) is 2.46. The van der Waals surface area contributed by atoms with Gasteiger partial charge in [-0.25, -0.2) is 0 Å². The zero-order valence-corrected chi connectivity index (χ0v) is 33.8. The van der Waals surface area contributed by atoms with Crippen LogP contribution in [0.1, 0.15) is 164 Å². The fourth-order valence-corrected chi connectivity index (χ4v) is 10.8. The largest absolute Gasteiger partial charge is 0.462 e. The first-order chi connectivity index (χ1) is 24.7. The lowest BCUT2D eigenvalue weighted by molar-refractivity contribution is -0.151. The molecule has 0 radical (unpaired) electrons. The van der Waals surface area contributed by atoms with Crippen LogP contribution in [0.4, 0.5) is 0 Å². The number of rotatable bonds is 20. The van der Waals surface area contributed by atoms with Gasteiger partial charge in [-0.2, -0.15) is 0 Å². The Kier molecular flexibility index (Phi) is 17.4. The summed E-state index contributed by atoms with van der Waals surface area (Å²) in [5.74, 6) is 5.15. The van der Waals surface area contributed by atoms with Gasteiger partial charge in [0.15, 0.2) is 0 Å². The van der Waals surface area contributed by atoms with E-state index in [2.05, 4.69) is 121 Å². The number of esters is 1. The van der Waals surface area contributed by atoms with Gasteiger partial charge in [-0.05, 0) is 136 Å². The van der Waals surface area contributed by atoms with E-state index in [-0.39, 0.29) is 12.1 Å². The van der Waals surface area contributed by atoms with Crippen molar-refractivity contribution in [1.82, 2.24) is 0 Å². The van der Waals surface area contributed by atoms with Crippen LogP contribution in [0.25, 0.3) is 0 Å². The number of hydrogen-bond donors (Lipinski definition) is 0. The number of fused-ring (bicyclic) bond motifs is 5. The molecular formula is C49H76O2. The van der Waals surface area contributed by atoms with E-state index in [0.29, 0.717) is 17.3 Å². The van der Waals surface area contributed by atoms with Gasteiger partial charge in [0, 0.05) is 12.8 Å². The smallest absolute Gasteiger partial charge is 0.306 e. The van der Waals surface area contributed by atoms with Crippen LogP contribution >= 0.6 is 0 Å². The maximum absolute atomic E-state index is 12.8. The van der Waals surface area contributed by atoms with Crippen molar-refractivity contribution in [1.29, 1.82) is 0 Å². The van der Waals surface area contributed by atoms with Gasteiger partial charge in [-0.15, -0.1) is 0 Å². The molecular weight excluding hydrogens is 621 g/mol. The molecule has 0 aromatic heterocycles. The van der Waals surface area contributed by atoms with Gasteiger partial charge in [0.1, 0.15) is 6.10 Å². The number of allylic oxidation sites excluding steroid dienone is 13. The summed E-state index contributed by atoms with van der Waals surface area (Å²) >= 11 is 0. The molecule has 0 heterocycles. The van der Waals surface area contributed by atoms with E-state index in [1.54, 1.807) is 5.57 Å². The first-order valence-electron chi connectivity index (χ1n) is 21.5. The number of carbonyl (C=O) groups is 1. The Labute approximate surface area is 315 Å². The first kappa shape index (κ1) is 41.4. The minimum atomic E-state index is -0.0228. The summed E-state index contributed by atoms with van der Waals surface area (Å²) in [4.78, 5) is 12.8. The summed E-state index contributed by atoms with van der Waals surface area (Å²) in [6.45, 7) is 14.8. The van der Waals surface area contributed by atoms with Crippen molar-refractivity contribution in [2.45, 2.75) is 170 Å². The van der Waals surface area contributed by atoms with Crippen molar-refractivity contribution in [3.63, 3.8) is 0 Å². The third-order valence-corrected chi connectivity index (χ3v) is 13.7. The van der Waals surface area contributed by atoms with Gasteiger partial charge >= 0.3 is 5.97 Å². The van der Waals surface area contributed by atoms with E-state index in [1.165, 1.54) is 57.8 Å². The molecule has 3 fully saturated rings. The van der Waals surface area contributed by atoms with Crippen molar-refractivity contribution >= 4 is 5.97 Å². The molecule has 0 aliphatic heterocycles. The minimum absolute atomic E-state index is 0.0228. The van der Waals surface area contributed by atoms with E-state index in [9.17, 15) is 4.79 Å². The summed E-state index contributed by atoms with van der Waals surface area (Å²) in [5, 5.41) is 0. The Morgan fingerprint density at radius 1 is 0.765 bits per heavy atom. The lowest BCUT2D eigenvalue weighted by Crippen LogP contribution is -2.51. The van der Waals surface area contributed by atoms with Crippen LogP contribution in [-0.2, 0) is 9.53 Å². The van der Waals surface area contributed by atoms with Crippen molar-refractivity contribution in [2.75, 3.05) is 0 Å². The van der Waals surface area contributed by atoms with Gasteiger partial charge in [-0.3, -0.25) is 4.79 Å². The first-order valence-corrected chi connectivity index (χ1v) is 21.5. The lowest BCUT2D eigenvalue weighted by atomic mass is 9.47. The molecule has 2 nitrogen and oxygen atoms in total. The van der Waals surface area contributed by atoms with Crippen LogP contribution in [0.2, 0.25) is 0 Å². The van der Waals surface area contributed by atoms with Crippen LogP contribution in [0.15, 0.2) is 84.6 Å². The molecule has 3 saturated carbocycles. The number of ether oxygens (including phenoxy) is 1. The average Bonchev–Trinajstić information content (AvgIpc) is 3.46. The monoisotopic (exact) mass is 697 g/mol. The highest BCUT2D eigenvalue weighted by Crippen LogP contribution is 2.67. The Morgan fingerprint density at radius 2 is 1.37 bits per heavy atom. The molecule has 284 valence electrons. The van der Waals surface area contributed by atoms with Gasteiger partial charge < -0.3 is 4.74 Å². The Morgan fingerprint density at radius 3 is 1.98 bits per heavy atom. The van der Waals surface area contributed by atoms with Gasteiger partial charge in [0.25, 0.3) is 0 Å². The maximum atomic E-state index is 12.8. The Hall–Kier alpha value is -2.35. The van der Waals surface area contributed by atoms with Crippen molar-refractivity contribution in [3.8, 4) is 0 Å². The summed E-state index contributed by atoms with van der Waals surface area (Å²) < 4.78 is 6.09. The normalized spacial score (nSPS) is 31.7. The maximum Gasteiger partial charge on any atom is 0.306 e. The molecule has 4 rings (SSSR count). The van der Waals surface area contributed by atoms with E-state index < -0.39 is 0 Å². The molecule has 0 N–H and O–H groups in total. The zero-order chi connectivity index (χ0) is 36.5. The van der Waals surface area contributed by atoms with E-state index in [4.69, 9.17) is 4.74 Å². The van der Waals surface area contributed by atoms with Crippen LogP contribution in [-0.4, -0.2) is 12.1 Å². The zero-order valence-electron chi connectivity index (χ0n) is 33.8. The van der Waals surface area contributed by atoms with Gasteiger partial charge in [-0.1, -0.05) is 145 Å². The SMILES string of the molecule is CCC=CCC=CCC=CCC=CCC=CCC=CCCC(=O)O[C@H]1CC[C@@]2(C)C(=CC[C@H]3[C@@H]4CC[C@H]([C@H](C)CCCC(C)C)[C@@]4(C)CC[C@@H]32)C1. The fraction of sp³-hybridized carbons (Fsp3) is 0.694. The van der Waals surface area contributed by atoms with Crippen LogP contribution < -0.4 is 0 Å². The van der Waals surface area contributed by atoms with E-state index in [1.807, 2.05) is 0 Å². The van der Waals surface area contributed by atoms with Gasteiger partial charge in [0.05, 0.1) is 0 Å². The second-order valence-electron chi connectivity index (χ2n) is 17.6. The summed E-state index contributed by atoms with van der Waals surface area (Å²) in [6, 6.07) is 0. The fourth-order valence-electron chi connectivity index (χ4n) is 10.8. The predicted octanol–water partition coefficient (Wildman–Crippen LogP) is 14.4. The number of hydrogen-bond acceptors (Lipinski definition) is 2. The highest BCUT2D eigenvalue weighted by Gasteiger charge is 2.59. The molecule has 0 spiro atoms. The highest BCUT2D eigenvalue weighted by atomic mass is 16.5. The predicted molar refractivity (Wildman–Crippen MR) is 220 cm³/mol. The molecule has 0 unspecified atom stereocenters. The van der Waals surface area contributed by atoms with E-state index >= 15 is 0 Å². The molecule has 51 heavy (non-hydrogen) atoms. The Balaban J connectivity index is 1.11. The van der Waals surface area contributed by atoms with Crippen molar-refractivity contribution in [3.05, 3.63) is 84.6 Å². The molecule has 4 aliphatic rings. The third-order valence-electron chi connectivity index (χ3n) is 13.7. The average molecular weight is 697 g/mol. The van der Waals surface area contributed by atoms with Crippen molar-refractivity contribution in [2.24, 2.45) is 46.3 Å². The Bertz CT molecular complexity index is 1260. The lowest BCUT2D eigenvalue weighted by Gasteiger charge is -2.58. The molecule has 2 heteroatoms. The third kappa shape index (κ3) is 12.1. The standard InChI is InChI=1S/C49H76O2/c1-7-8-9-10-11-12-13-14-15-16-17-18-19-20-21-22-23-24-25-29-47(50)51-42-34-36-48(5)41(38-42)30-31-43-45-33-32-44(40(4)28-26-27-39(2)3)49(45,6)37-35-46(43)48/h8-9,11-12,14-15,17-18,20-21,23-24,30,39-40,42-46H,7,10,13,16,19,22,25-29,31-38H2,1-6H3/t40-,42+,43+,44-,45+,46+,48+,49-/m1/s1. The summed E-state index contributed by atoms with van der Waals surface area (Å²) in [6.07, 6.45) is 50.9. The molecule has 0 bridgehead atoms. The molecule has 0 aromatic carbocycles. The van der Waals surface area contributed by atoms with Crippen molar-refractivity contribution < 1.29 is 9.53 Å². The van der Waals surface area contributed by atoms with Crippen LogP contribution in [0.5, 0.6) is 0 Å². The second kappa shape index (κ2) is 21.4. The minimum Gasteiger partial charge on any atom is -0.462 e. The molecule has 0 aromatic rings. The summed E-state index contributed by atoms with van der Waals surface area (Å²) in [7, 11) is 0. The molecule has 8 atom stereocenters. The molecule has 0 saturated heterocycles. The van der Waals surface area contributed by atoms with Crippen LogP contribution in [0.3, 0.4) is 0 Å². The van der Waals surface area contributed by atoms with Crippen LogP contribution in [0, 0.1) is 46.3 Å². The quantitative estimate of drug-likeness (QED) is 0.0935. The van der Waals surface area contributed by atoms with Gasteiger partial charge in [0.2, 0.25) is 0 Å².